The van der Waals surface area contributed by atoms with Gasteiger partial charge in [-0.05, 0) is 25.0 Å². The average Bonchev–Trinajstić information content (AvgIpc) is 3.42. The predicted molar refractivity (Wildman–Crippen MR) is 85.9 cm³/mol. The highest BCUT2D eigenvalue weighted by molar-refractivity contribution is 6.12. The number of ketones is 1. The molecule has 0 bridgehead atoms. The van der Waals surface area contributed by atoms with Gasteiger partial charge in [0.2, 0.25) is 5.78 Å². The maximum atomic E-state index is 12.7. The highest BCUT2D eigenvalue weighted by Gasteiger charge is 2.37. The zero-order chi connectivity index (χ0) is 16.1. The molecular formula is C18H20N2O4. The van der Waals surface area contributed by atoms with Crippen LogP contribution < -0.4 is 9.47 Å². The van der Waals surface area contributed by atoms with Gasteiger partial charge >= 0.3 is 0 Å². The van der Waals surface area contributed by atoms with Crippen LogP contribution in [0.4, 0.5) is 0 Å². The molecule has 24 heavy (non-hydrogen) atoms. The summed E-state index contributed by atoms with van der Waals surface area (Å²) in [5, 5.41) is 0. The molecule has 3 heterocycles. The average molecular weight is 328 g/mol. The van der Waals surface area contributed by atoms with Crippen LogP contribution in [0.3, 0.4) is 0 Å². The molecule has 5 rings (SSSR count). The van der Waals surface area contributed by atoms with Gasteiger partial charge in [0.25, 0.3) is 0 Å². The zero-order valence-electron chi connectivity index (χ0n) is 13.5. The number of hydrogen-bond donors (Lipinski definition) is 0. The van der Waals surface area contributed by atoms with E-state index in [2.05, 4.69) is 9.80 Å². The van der Waals surface area contributed by atoms with Crippen molar-refractivity contribution >= 4 is 5.78 Å². The van der Waals surface area contributed by atoms with Crippen molar-refractivity contribution in [2.45, 2.75) is 25.4 Å². The second-order valence-corrected chi connectivity index (χ2v) is 6.74. The van der Waals surface area contributed by atoms with Crippen LogP contribution in [0.2, 0.25) is 0 Å². The largest absolute Gasteiger partial charge is 0.478 e. The minimum absolute atomic E-state index is 0.0390. The van der Waals surface area contributed by atoms with Gasteiger partial charge in [0.15, 0.2) is 5.76 Å². The summed E-state index contributed by atoms with van der Waals surface area (Å²) >= 11 is 0. The molecule has 3 aliphatic heterocycles. The lowest BCUT2D eigenvalue weighted by Gasteiger charge is -2.29. The monoisotopic (exact) mass is 328 g/mol. The number of hydrogen-bond acceptors (Lipinski definition) is 6. The van der Waals surface area contributed by atoms with E-state index in [9.17, 15) is 4.79 Å². The Labute approximate surface area is 140 Å². The van der Waals surface area contributed by atoms with Crippen molar-refractivity contribution in [3.05, 3.63) is 35.2 Å². The summed E-state index contributed by atoms with van der Waals surface area (Å²) < 4.78 is 17.2. The predicted octanol–water partition coefficient (Wildman–Crippen LogP) is 1.75. The molecule has 0 amide bonds. The van der Waals surface area contributed by atoms with E-state index in [-0.39, 0.29) is 5.78 Å². The molecule has 0 radical (unpaired) electrons. The molecule has 1 aliphatic carbocycles. The van der Waals surface area contributed by atoms with E-state index < -0.39 is 0 Å². The lowest BCUT2D eigenvalue weighted by molar-refractivity contribution is 0.0577. The van der Waals surface area contributed by atoms with Crippen LogP contribution in [-0.2, 0) is 11.3 Å². The summed E-state index contributed by atoms with van der Waals surface area (Å²) in [7, 11) is 0. The van der Waals surface area contributed by atoms with E-state index in [4.69, 9.17) is 14.2 Å². The molecule has 6 nitrogen and oxygen atoms in total. The van der Waals surface area contributed by atoms with Gasteiger partial charge in [0.1, 0.15) is 18.2 Å². The van der Waals surface area contributed by atoms with E-state index in [0.717, 1.165) is 30.9 Å². The van der Waals surface area contributed by atoms with Crippen LogP contribution >= 0.6 is 0 Å². The quantitative estimate of drug-likeness (QED) is 0.771. The number of carbonyl (C=O) groups is 1. The minimum atomic E-state index is -0.0390. The molecule has 0 unspecified atom stereocenters. The Balaban J connectivity index is 1.45. The molecule has 1 aromatic rings. The molecule has 4 aliphatic rings. The Morgan fingerprint density at radius 2 is 2.00 bits per heavy atom. The third-order valence-electron chi connectivity index (χ3n) is 5.05. The third kappa shape index (κ3) is 2.37. The summed E-state index contributed by atoms with van der Waals surface area (Å²) in [6, 6.07) is 4.34. The van der Waals surface area contributed by atoms with E-state index in [0.29, 0.717) is 43.1 Å². The van der Waals surface area contributed by atoms with Gasteiger partial charge < -0.3 is 19.1 Å². The van der Waals surface area contributed by atoms with Gasteiger partial charge in [0, 0.05) is 31.9 Å². The molecule has 6 heteroatoms. The van der Waals surface area contributed by atoms with Crippen LogP contribution in [-0.4, -0.2) is 54.7 Å². The molecule has 1 aromatic carbocycles. The van der Waals surface area contributed by atoms with Crippen molar-refractivity contribution in [3.63, 3.8) is 0 Å². The van der Waals surface area contributed by atoms with Crippen LogP contribution in [0.25, 0.3) is 0 Å². The highest BCUT2D eigenvalue weighted by Crippen LogP contribution is 2.43. The van der Waals surface area contributed by atoms with Crippen molar-refractivity contribution in [1.29, 1.82) is 0 Å². The summed E-state index contributed by atoms with van der Waals surface area (Å²) in [4.78, 5) is 17.1. The smallest absolute Gasteiger partial charge is 0.233 e. The first-order valence-electron chi connectivity index (χ1n) is 8.58. The fraction of sp³-hybridized carbons (Fsp3) is 0.500. The number of allylic oxidation sites excluding steroid dienone is 1. The number of morpholine rings is 1. The highest BCUT2D eigenvalue weighted by atomic mass is 16.5. The van der Waals surface area contributed by atoms with Gasteiger partial charge in [-0.1, -0.05) is 0 Å². The van der Waals surface area contributed by atoms with E-state index in [1.807, 2.05) is 18.3 Å². The Morgan fingerprint density at radius 1 is 1.17 bits per heavy atom. The molecule has 0 spiro atoms. The number of benzene rings is 1. The van der Waals surface area contributed by atoms with Crippen molar-refractivity contribution in [1.82, 2.24) is 9.80 Å². The fourth-order valence-electron chi connectivity index (χ4n) is 3.51. The zero-order valence-corrected chi connectivity index (χ0v) is 13.5. The van der Waals surface area contributed by atoms with Gasteiger partial charge in [-0.15, -0.1) is 0 Å². The number of carbonyl (C=O) groups excluding carboxylic acids is 1. The second kappa shape index (κ2) is 5.50. The first-order valence-corrected chi connectivity index (χ1v) is 8.58. The maximum absolute atomic E-state index is 12.7. The van der Waals surface area contributed by atoms with Gasteiger partial charge in [-0.3, -0.25) is 9.69 Å². The normalized spacial score (nSPS) is 25.2. The lowest BCUT2D eigenvalue weighted by atomic mass is 10.0. The topological polar surface area (TPSA) is 51.2 Å². The summed E-state index contributed by atoms with van der Waals surface area (Å²) in [5.74, 6) is 1.89. The lowest BCUT2D eigenvalue weighted by Crippen LogP contribution is -2.33. The number of rotatable bonds is 2. The van der Waals surface area contributed by atoms with Crippen molar-refractivity contribution in [3.8, 4) is 11.5 Å². The first kappa shape index (κ1) is 14.3. The third-order valence-corrected chi connectivity index (χ3v) is 5.05. The van der Waals surface area contributed by atoms with E-state index >= 15 is 0 Å². The van der Waals surface area contributed by atoms with Crippen LogP contribution in [0.15, 0.2) is 24.1 Å². The maximum Gasteiger partial charge on any atom is 0.233 e. The molecule has 1 saturated heterocycles. The molecule has 2 fully saturated rings. The Bertz CT molecular complexity index is 720. The Kier molecular flexibility index (Phi) is 3.28. The summed E-state index contributed by atoms with van der Waals surface area (Å²) in [6.07, 6.45) is 4.30. The van der Waals surface area contributed by atoms with Crippen LogP contribution in [0.1, 0.15) is 28.8 Å². The van der Waals surface area contributed by atoms with Gasteiger partial charge in [-0.25, -0.2) is 0 Å². The van der Waals surface area contributed by atoms with Crippen molar-refractivity contribution in [2.24, 2.45) is 0 Å². The Hall–Kier alpha value is -2.05. The number of fused-ring (bicyclic) bond motifs is 3. The van der Waals surface area contributed by atoms with E-state index in [1.54, 1.807) is 0 Å². The number of Topliss-reactive ketones (excluding diaryl/α,β-unsaturated/α-hetero) is 1. The fourth-order valence-corrected chi connectivity index (χ4v) is 3.51. The molecule has 126 valence electrons. The van der Waals surface area contributed by atoms with Gasteiger partial charge in [-0.2, -0.15) is 0 Å². The number of nitrogens with zero attached hydrogens (tertiary/aromatic N) is 2. The number of ether oxygens (including phenoxy) is 3. The van der Waals surface area contributed by atoms with Crippen LogP contribution in [0, 0.1) is 0 Å². The molecule has 0 N–H and O–H groups in total. The summed E-state index contributed by atoms with van der Waals surface area (Å²) in [6.45, 7) is 4.36. The molecule has 0 aromatic heterocycles. The first-order chi connectivity index (χ1) is 11.8. The van der Waals surface area contributed by atoms with Crippen molar-refractivity contribution < 1.29 is 19.0 Å². The standard InChI is InChI=1S/C18H20N2O4/c21-17-13-3-4-15-14(9-20(11-23-15)12-1-2-12)18(13)24-16(17)10-19-5-7-22-8-6-19/h3-4,10,12H,1-2,5-9,11H2. The molecule has 1 saturated carbocycles. The Morgan fingerprint density at radius 3 is 2.79 bits per heavy atom. The van der Waals surface area contributed by atoms with E-state index in [1.165, 1.54) is 12.8 Å². The minimum Gasteiger partial charge on any atom is -0.478 e. The van der Waals surface area contributed by atoms with Gasteiger partial charge in [0.05, 0.1) is 24.3 Å². The van der Waals surface area contributed by atoms with Crippen LogP contribution in [0.5, 0.6) is 11.5 Å². The SMILES string of the molecule is O=C1C(=CN2CCOCC2)Oc2c1ccc1c2CN(C2CC2)CO1. The second-order valence-electron chi connectivity index (χ2n) is 6.74. The summed E-state index contributed by atoms with van der Waals surface area (Å²) in [5.41, 5.74) is 1.65. The molecule has 0 atom stereocenters. The molecular weight excluding hydrogens is 308 g/mol. The van der Waals surface area contributed by atoms with Crippen molar-refractivity contribution in [2.75, 3.05) is 33.0 Å².